The van der Waals surface area contributed by atoms with Gasteiger partial charge >= 0.3 is 5.97 Å². The molecule has 0 radical (unpaired) electrons. The Kier molecular flexibility index (Phi) is 11.1. The highest BCUT2D eigenvalue weighted by Crippen LogP contribution is 2.47. The monoisotopic (exact) mass is 676 g/mol. The second-order valence-corrected chi connectivity index (χ2v) is 15.6. The number of carbonyl (C=O) groups is 1. The summed E-state index contributed by atoms with van der Waals surface area (Å²) in [5.41, 5.74) is 8.67. The number of nitrogens with one attached hydrogen (secondary N) is 1. The molecule has 2 aliphatic heterocycles. The Labute approximate surface area is 291 Å². The summed E-state index contributed by atoms with van der Waals surface area (Å²) in [6.45, 7) is 19.6. The van der Waals surface area contributed by atoms with Crippen LogP contribution < -0.4 is 10.2 Å². The van der Waals surface area contributed by atoms with Crippen molar-refractivity contribution in [2.24, 2.45) is 5.41 Å². The Bertz CT molecular complexity index is 1600. The smallest absolute Gasteiger partial charge is 0.337 e. The molecular weight excluding hydrogens is 624 g/mol. The number of halogens is 1. The molecule has 1 aromatic heterocycles. The molecule has 260 valence electrons. The molecule has 2 N–H and O–H groups in total. The van der Waals surface area contributed by atoms with Gasteiger partial charge in [0.05, 0.1) is 17.9 Å². The number of nitrogens with zero attached hydrogens (tertiary/aromatic N) is 3. The van der Waals surface area contributed by atoms with Gasteiger partial charge in [0.25, 0.3) is 0 Å². The predicted molar refractivity (Wildman–Crippen MR) is 195 cm³/mol. The highest BCUT2D eigenvalue weighted by Gasteiger charge is 2.37. The lowest BCUT2D eigenvalue weighted by Gasteiger charge is -2.41. The summed E-state index contributed by atoms with van der Waals surface area (Å²) in [5, 5.41) is 15.0. The standard InChI is InChI=1S/C39H53ClN4O4/c1-25-10-9-11-31(40)30(25)24-43-18-14-27-22-28(12-13-29(27)23-43)33-34(44-19-15-39(6,7)16-20-44)32(35(37(45)46)48-38(3,4)5)26(2)42-36(33)41-17-21-47-8/h9-13,22,35H,14-21,23-24H2,1-8H3,(H,41,42)(H,45,46)/t35-/m0/s1. The van der Waals surface area contributed by atoms with Gasteiger partial charge < -0.3 is 24.8 Å². The molecule has 1 atom stereocenters. The first-order valence-corrected chi connectivity index (χ1v) is 17.6. The molecule has 0 saturated carbocycles. The van der Waals surface area contributed by atoms with E-state index < -0.39 is 17.7 Å². The summed E-state index contributed by atoms with van der Waals surface area (Å²) in [7, 11) is 1.69. The molecule has 9 heteroatoms. The average Bonchev–Trinajstić information content (AvgIpc) is 3.01. The van der Waals surface area contributed by atoms with Crippen LogP contribution in [0.2, 0.25) is 5.02 Å². The van der Waals surface area contributed by atoms with Crippen molar-refractivity contribution in [3.8, 4) is 11.1 Å². The van der Waals surface area contributed by atoms with Crippen LogP contribution in [0.4, 0.5) is 11.5 Å². The number of rotatable bonds is 11. The number of hydrogen-bond acceptors (Lipinski definition) is 7. The SMILES string of the molecule is COCCNc1nc(C)c([C@H](OC(C)(C)C)C(=O)O)c(N2CCC(C)(C)CC2)c1-c1ccc2c(c1)CCN(Cc1c(C)cccc1Cl)C2. The van der Waals surface area contributed by atoms with Crippen molar-refractivity contribution < 1.29 is 19.4 Å². The van der Waals surface area contributed by atoms with E-state index in [2.05, 4.69) is 60.2 Å². The van der Waals surface area contributed by atoms with E-state index in [1.807, 2.05) is 39.8 Å². The minimum absolute atomic E-state index is 0.215. The van der Waals surface area contributed by atoms with Gasteiger partial charge in [-0.1, -0.05) is 55.8 Å². The third-order valence-corrected chi connectivity index (χ3v) is 10.1. The van der Waals surface area contributed by atoms with Crippen LogP contribution in [0.5, 0.6) is 0 Å². The van der Waals surface area contributed by atoms with Gasteiger partial charge in [0.15, 0.2) is 6.10 Å². The first kappa shape index (κ1) is 36.1. The maximum atomic E-state index is 13.0. The number of carboxylic acids is 1. The van der Waals surface area contributed by atoms with E-state index in [-0.39, 0.29) is 5.41 Å². The van der Waals surface area contributed by atoms with Gasteiger partial charge in [-0.25, -0.2) is 9.78 Å². The molecule has 3 heterocycles. The van der Waals surface area contributed by atoms with Gasteiger partial charge in [-0.15, -0.1) is 0 Å². The highest BCUT2D eigenvalue weighted by molar-refractivity contribution is 6.31. The first-order chi connectivity index (χ1) is 22.7. The second kappa shape index (κ2) is 14.8. The molecule has 48 heavy (non-hydrogen) atoms. The Morgan fingerprint density at radius 1 is 1.10 bits per heavy atom. The number of carboxylic acid groups (broad SMARTS) is 1. The molecule has 0 spiro atoms. The van der Waals surface area contributed by atoms with Gasteiger partial charge in [0.1, 0.15) is 5.82 Å². The maximum Gasteiger partial charge on any atom is 0.337 e. The number of ether oxygens (including phenoxy) is 2. The molecule has 0 bridgehead atoms. The third-order valence-electron chi connectivity index (χ3n) is 9.71. The topological polar surface area (TPSA) is 87.2 Å². The largest absolute Gasteiger partial charge is 0.479 e. The summed E-state index contributed by atoms with van der Waals surface area (Å²) in [6, 6.07) is 12.8. The fraction of sp³-hybridized carbons (Fsp3) is 0.538. The molecule has 0 unspecified atom stereocenters. The fourth-order valence-corrected chi connectivity index (χ4v) is 7.21. The van der Waals surface area contributed by atoms with E-state index >= 15 is 0 Å². The number of benzene rings is 2. The minimum atomic E-state index is -1.17. The summed E-state index contributed by atoms with van der Waals surface area (Å²) < 4.78 is 11.7. The minimum Gasteiger partial charge on any atom is -0.479 e. The zero-order valence-electron chi connectivity index (χ0n) is 30.0. The molecular formula is C39H53ClN4O4. The predicted octanol–water partition coefficient (Wildman–Crippen LogP) is 8.20. The first-order valence-electron chi connectivity index (χ1n) is 17.2. The lowest BCUT2D eigenvalue weighted by atomic mass is 9.81. The van der Waals surface area contributed by atoms with Gasteiger partial charge in [-0.3, -0.25) is 4.90 Å². The van der Waals surface area contributed by atoms with Crippen molar-refractivity contribution in [2.45, 2.75) is 92.5 Å². The zero-order chi connectivity index (χ0) is 34.8. The van der Waals surface area contributed by atoms with Crippen LogP contribution >= 0.6 is 11.6 Å². The van der Waals surface area contributed by atoms with E-state index in [1.54, 1.807) is 7.11 Å². The Balaban J connectivity index is 1.63. The normalized spacial score (nSPS) is 17.2. The van der Waals surface area contributed by atoms with Crippen molar-refractivity contribution >= 4 is 29.1 Å². The Hall–Kier alpha value is -3.17. The van der Waals surface area contributed by atoms with Gasteiger partial charge in [-0.05, 0) is 93.2 Å². The van der Waals surface area contributed by atoms with E-state index in [1.165, 1.54) is 22.3 Å². The van der Waals surface area contributed by atoms with Crippen molar-refractivity contribution in [1.29, 1.82) is 0 Å². The number of aromatic nitrogens is 1. The van der Waals surface area contributed by atoms with Crippen LogP contribution in [0.3, 0.4) is 0 Å². The summed E-state index contributed by atoms with van der Waals surface area (Å²) in [4.78, 5) is 22.9. The number of aryl methyl sites for hydroxylation is 2. The van der Waals surface area contributed by atoms with Gasteiger partial charge in [0, 0.05) is 68.2 Å². The second-order valence-electron chi connectivity index (χ2n) is 15.2. The summed E-state index contributed by atoms with van der Waals surface area (Å²) >= 11 is 6.60. The van der Waals surface area contributed by atoms with Crippen LogP contribution in [-0.2, 0) is 33.8 Å². The molecule has 5 rings (SSSR count). The quantitative estimate of drug-likeness (QED) is 0.197. The van der Waals surface area contributed by atoms with E-state index in [0.29, 0.717) is 24.4 Å². The van der Waals surface area contributed by atoms with Crippen LogP contribution in [0, 0.1) is 19.3 Å². The molecule has 3 aromatic rings. The number of fused-ring (bicyclic) bond motifs is 1. The number of pyridine rings is 1. The van der Waals surface area contributed by atoms with Crippen molar-refractivity contribution in [2.75, 3.05) is 50.1 Å². The third kappa shape index (κ3) is 8.33. The van der Waals surface area contributed by atoms with Crippen molar-refractivity contribution in [3.63, 3.8) is 0 Å². The van der Waals surface area contributed by atoms with Crippen LogP contribution in [0.15, 0.2) is 36.4 Å². The number of anilines is 2. The van der Waals surface area contributed by atoms with Crippen LogP contribution in [0.25, 0.3) is 11.1 Å². The lowest BCUT2D eigenvalue weighted by molar-refractivity contribution is -0.160. The van der Waals surface area contributed by atoms with Crippen LogP contribution in [-0.4, -0.2) is 66.5 Å². The Morgan fingerprint density at radius 3 is 2.48 bits per heavy atom. The number of hydrogen-bond donors (Lipinski definition) is 2. The zero-order valence-corrected chi connectivity index (χ0v) is 30.8. The van der Waals surface area contributed by atoms with E-state index in [4.69, 9.17) is 26.1 Å². The lowest BCUT2D eigenvalue weighted by Crippen LogP contribution is -2.39. The Morgan fingerprint density at radius 2 is 1.83 bits per heavy atom. The molecule has 1 saturated heterocycles. The van der Waals surface area contributed by atoms with Gasteiger partial charge in [0.2, 0.25) is 0 Å². The summed E-state index contributed by atoms with van der Waals surface area (Å²) in [6.07, 6.45) is 1.74. The molecule has 0 amide bonds. The molecule has 2 aromatic carbocycles. The van der Waals surface area contributed by atoms with Crippen molar-refractivity contribution in [1.82, 2.24) is 9.88 Å². The number of aliphatic carboxylic acids is 1. The van der Waals surface area contributed by atoms with Gasteiger partial charge in [-0.2, -0.15) is 0 Å². The van der Waals surface area contributed by atoms with Crippen LogP contribution in [0.1, 0.15) is 87.1 Å². The molecule has 1 fully saturated rings. The average molecular weight is 677 g/mol. The van der Waals surface area contributed by atoms with Crippen molar-refractivity contribution in [3.05, 3.63) is 74.9 Å². The fourth-order valence-electron chi connectivity index (χ4n) is 6.93. The molecule has 8 nitrogen and oxygen atoms in total. The highest BCUT2D eigenvalue weighted by atomic mass is 35.5. The summed E-state index contributed by atoms with van der Waals surface area (Å²) in [5.74, 6) is -0.279. The van der Waals surface area contributed by atoms with E-state index in [0.717, 1.165) is 79.6 Å². The maximum absolute atomic E-state index is 13.0. The molecule has 2 aliphatic rings. The number of methoxy groups -OCH3 is 1. The number of piperidine rings is 1. The van der Waals surface area contributed by atoms with E-state index in [9.17, 15) is 9.90 Å². The molecule has 0 aliphatic carbocycles.